The summed E-state index contributed by atoms with van der Waals surface area (Å²) < 4.78 is 0. The van der Waals surface area contributed by atoms with E-state index in [4.69, 9.17) is 0 Å². The minimum absolute atomic E-state index is 0.0989. The van der Waals surface area contributed by atoms with Gasteiger partial charge in [0.1, 0.15) is 0 Å². The molecule has 12 heavy (non-hydrogen) atoms. The highest BCUT2D eigenvalue weighted by molar-refractivity contribution is 5.49. The largest absolute Gasteiger partial charge is 0.393 e. The summed E-state index contributed by atoms with van der Waals surface area (Å²) in [5.41, 5.74) is 0.573. The SMILES string of the molecule is C=CC12C3C4C3C3C(O)C4C1C32. The first-order chi connectivity index (χ1) is 5.84. The van der Waals surface area contributed by atoms with Crippen molar-refractivity contribution >= 4 is 0 Å². The van der Waals surface area contributed by atoms with Crippen LogP contribution in [0.1, 0.15) is 0 Å². The molecule has 0 spiro atoms. The van der Waals surface area contributed by atoms with Gasteiger partial charge in [0, 0.05) is 0 Å². The highest BCUT2D eigenvalue weighted by atomic mass is 16.3. The second kappa shape index (κ2) is 1.07. The van der Waals surface area contributed by atoms with E-state index in [1.807, 2.05) is 0 Å². The van der Waals surface area contributed by atoms with Crippen molar-refractivity contribution in [2.45, 2.75) is 6.10 Å². The van der Waals surface area contributed by atoms with Crippen molar-refractivity contribution in [1.82, 2.24) is 0 Å². The Morgan fingerprint density at radius 1 is 1.00 bits per heavy atom. The van der Waals surface area contributed by atoms with Crippen LogP contribution in [-0.2, 0) is 0 Å². The lowest BCUT2D eigenvalue weighted by atomic mass is 9.97. The van der Waals surface area contributed by atoms with Gasteiger partial charge in [-0.1, -0.05) is 6.08 Å². The van der Waals surface area contributed by atoms with Crippen LogP contribution in [0.25, 0.3) is 0 Å². The highest BCUT2D eigenvalue weighted by Crippen LogP contribution is 3.00. The van der Waals surface area contributed by atoms with Crippen molar-refractivity contribution in [3.8, 4) is 0 Å². The molecule has 1 N–H and O–H groups in total. The summed E-state index contributed by atoms with van der Waals surface area (Å²) in [6.45, 7) is 4.01. The van der Waals surface area contributed by atoms with Gasteiger partial charge in [-0.3, -0.25) is 0 Å². The van der Waals surface area contributed by atoms with E-state index in [9.17, 15) is 5.11 Å². The molecular weight excluding hydrogens is 148 g/mol. The molecule has 0 heterocycles. The Labute approximate surface area is 71.5 Å². The Bertz CT molecular complexity index is 310. The molecule has 62 valence electrons. The standard InChI is InChI=1S/C11H12O/c1-2-11-7-3-4(7)6-9(11)8(11)5(3)10(6)12/h2-10,12H,1H2. The first-order valence-electron chi connectivity index (χ1n) is 5.15. The molecule has 1 nitrogen and oxygen atoms in total. The maximum absolute atomic E-state index is 9.92. The molecule has 0 aromatic rings. The van der Waals surface area contributed by atoms with Crippen LogP contribution in [-0.4, -0.2) is 11.2 Å². The van der Waals surface area contributed by atoms with Gasteiger partial charge >= 0.3 is 0 Å². The average Bonchev–Trinajstić information content (AvgIpc) is 2.86. The minimum Gasteiger partial charge on any atom is -0.393 e. The van der Waals surface area contributed by atoms with Crippen molar-refractivity contribution in [3.63, 3.8) is 0 Å². The first kappa shape index (κ1) is 5.43. The fourth-order valence-electron chi connectivity index (χ4n) is 6.12. The number of hydrogen-bond donors (Lipinski definition) is 1. The molecule has 0 amide bonds. The Kier molecular flexibility index (Phi) is 0.484. The van der Waals surface area contributed by atoms with E-state index in [1.165, 1.54) is 0 Å². The van der Waals surface area contributed by atoms with Gasteiger partial charge in [0.05, 0.1) is 6.10 Å². The van der Waals surface area contributed by atoms with E-state index < -0.39 is 0 Å². The van der Waals surface area contributed by atoms with Gasteiger partial charge in [-0.25, -0.2) is 0 Å². The zero-order valence-electron chi connectivity index (χ0n) is 6.85. The molecule has 0 aromatic carbocycles. The van der Waals surface area contributed by atoms with Crippen LogP contribution < -0.4 is 0 Å². The molecular formula is C11H12O. The predicted molar refractivity (Wildman–Crippen MR) is 43.1 cm³/mol. The summed E-state index contributed by atoms with van der Waals surface area (Å²) >= 11 is 0. The van der Waals surface area contributed by atoms with E-state index in [2.05, 4.69) is 12.7 Å². The summed E-state index contributed by atoms with van der Waals surface area (Å²) in [4.78, 5) is 0. The highest BCUT2D eigenvalue weighted by Gasteiger charge is 2.99. The van der Waals surface area contributed by atoms with Crippen LogP contribution in [0.3, 0.4) is 0 Å². The second-order valence-corrected chi connectivity index (χ2v) is 5.58. The van der Waals surface area contributed by atoms with Crippen molar-refractivity contribution in [2.75, 3.05) is 0 Å². The van der Waals surface area contributed by atoms with Gasteiger partial charge in [0.2, 0.25) is 0 Å². The topological polar surface area (TPSA) is 20.2 Å². The van der Waals surface area contributed by atoms with Crippen LogP contribution in [0, 0.1) is 46.8 Å². The molecule has 1 heteroatoms. The summed E-state index contributed by atoms with van der Waals surface area (Å²) in [7, 11) is 0. The zero-order chi connectivity index (χ0) is 7.83. The fourth-order valence-corrected chi connectivity index (χ4v) is 6.12. The van der Waals surface area contributed by atoms with Crippen molar-refractivity contribution < 1.29 is 5.11 Å². The second-order valence-electron chi connectivity index (χ2n) is 5.58. The fraction of sp³-hybridized carbons (Fsp3) is 0.818. The molecule has 6 aliphatic carbocycles. The van der Waals surface area contributed by atoms with Crippen molar-refractivity contribution in [3.05, 3.63) is 12.7 Å². The molecule has 6 rings (SSSR count). The molecule has 2 bridgehead atoms. The zero-order valence-corrected chi connectivity index (χ0v) is 6.85. The van der Waals surface area contributed by atoms with Crippen LogP contribution in [0.15, 0.2) is 12.7 Å². The summed E-state index contributed by atoms with van der Waals surface area (Å²) in [6.07, 6.45) is 2.34. The molecule has 0 saturated heterocycles. The molecule has 6 aliphatic rings. The molecule has 6 fully saturated rings. The number of hydrogen-bond acceptors (Lipinski definition) is 1. The van der Waals surface area contributed by atoms with Crippen LogP contribution in [0.2, 0.25) is 0 Å². The summed E-state index contributed by atoms with van der Waals surface area (Å²) in [5.74, 6) is 6.07. The summed E-state index contributed by atoms with van der Waals surface area (Å²) in [6, 6.07) is 0. The third-order valence-electron chi connectivity index (χ3n) is 6.00. The number of aliphatic hydroxyl groups is 1. The number of allylic oxidation sites excluding steroid dienone is 1. The van der Waals surface area contributed by atoms with Gasteiger partial charge in [-0.2, -0.15) is 0 Å². The Hall–Kier alpha value is -0.300. The van der Waals surface area contributed by atoms with Gasteiger partial charge in [-0.05, 0) is 46.8 Å². The maximum atomic E-state index is 9.92. The van der Waals surface area contributed by atoms with E-state index >= 15 is 0 Å². The summed E-state index contributed by atoms with van der Waals surface area (Å²) in [5, 5.41) is 9.92. The maximum Gasteiger partial charge on any atom is 0.0608 e. The lowest BCUT2D eigenvalue weighted by Gasteiger charge is -2.12. The molecule has 6 saturated carbocycles. The van der Waals surface area contributed by atoms with Gasteiger partial charge in [0.15, 0.2) is 0 Å². The molecule has 0 aliphatic heterocycles. The Morgan fingerprint density at radius 2 is 1.58 bits per heavy atom. The lowest BCUT2D eigenvalue weighted by Crippen LogP contribution is -2.19. The van der Waals surface area contributed by atoms with E-state index in [-0.39, 0.29) is 6.10 Å². The van der Waals surface area contributed by atoms with Crippen molar-refractivity contribution in [2.24, 2.45) is 46.8 Å². The molecule has 0 radical (unpaired) electrons. The first-order valence-corrected chi connectivity index (χ1v) is 5.15. The normalized spacial score (nSPS) is 89.1. The van der Waals surface area contributed by atoms with E-state index in [0.717, 1.165) is 29.6 Å². The third kappa shape index (κ3) is 0.228. The van der Waals surface area contributed by atoms with E-state index in [1.54, 1.807) is 0 Å². The third-order valence-corrected chi connectivity index (χ3v) is 6.00. The molecule has 0 aromatic heterocycles. The number of aliphatic hydroxyl groups excluding tert-OH is 1. The smallest absolute Gasteiger partial charge is 0.0608 e. The predicted octanol–water partition coefficient (Wildman–Crippen LogP) is 0.901. The Morgan fingerprint density at radius 3 is 1.92 bits per heavy atom. The van der Waals surface area contributed by atoms with Crippen molar-refractivity contribution in [1.29, 1.82) is 0 Å². The van der Waals surface area contributed by atoms with E-state index in [0.29, 0.717) is 17.3 Å². The molecule has 6 unspecified atom stereocenters. The lowest BCUT2D eigenvalue weighted by molar-refractivity contribution is 0.0990. The Balaban J connectivity index is 1.85. The van der Waals surface area contributed by atoms with Gasteiger partial charge in [-0.15, -0.1) is 6.58 Å². The van der Waals surface area contributed by atoms with Crippen LogP contribution in [0.5, 0.6) is 0 Å². The average molecular weight is 160 g/mol. The monoisotopic (exact) mass is 160 g/mol. The molecule has 6 atom stereocenters. The minimum atomic E-state index is 0.0989. The van der Waals surface area contributed by atoms with Crippen LogP contribution >= 0.6 is 0 Å². The van der Waals surface area contributed by atoms with Gasteiger partial charge in [0.25, 0.3) is 0 Å². The quantitative estimate of drug-likeness (QED) is 0.565. The number of rotatable bonds is 1. The van der Waals surface area contributed by atoms with Gasteiger partial charge < -0.3 is 5.11 Å². The van der Waals surface area contributed by atoms with Crippen LogP contribution in [0.4, 0.5) is 0 Å².